The normalized spacial score (nSPS) is 16.9. The second-order valence-electron chi connectivity index (χ2n) is 10.1. The van der Waals surface area contributed by atoms with Crippen LogP contribution in [-0.4, -0.2) is 0 Å². The molecular weight excluding hydrogens is 448 g/mol. The first kappa shape index (κ1) is 20.6. The van der Waals surface area contributed by atoms with Crippen LogP contribution in [0.25, 0.3) is 44.2 Å². The third-order valence-corrected chi connectivity index (χ3v) is 8.01. The van der Waals surface area contributed by atoms with Crippen LogP contribution in [0.3, 0.4) is 0 Å². The zero-order valence-corrected chi connectivity index (χ0v) is 20.5. The average Bonchev–Trinajstić information content (AvgIpc) is 3.51. The van der Waals surface area contributed by atoms with Crippen LogP contribution >= 0.6 is 0 Å². The van der Waals surface area contributed by atoms with Crippen LogP contribution < -0.4 is 10.2 Å². The number of nitrogens with zero attached hydrogens (tertiary/aromatic N) is 1. The van der Waals surface area contributed by atoms with E-state index in [0.717, 1.165) is 12.8 Å². The number of anilines is 2. The molecule has 0 aromatic heterocycles. The fourth-order valence-electron chi connectivity index (χ4n) is 6.30. The zero-order valence-electron chi connectivity index (χ0n) is 20.5. The van der Waals surface area contributed by atoms with Gasteiger partial charge < -0.3 is 10.2 Å². The van der Waals surface area contributed by atoms with E-state index >= 15 is 0 Å². The number of nitrogens with one attached hydrogen (secondary N) is 1. The van der Waals surface area contributed by atoms with Crippen molar-refractivity contribution in [3.05, 3.63) is 133 Å². The number of hydrogen-bond donors (Lipinski definition) is 1. The van der Waals surface area contributed by atoms with Crippen LogP contribution in [0.5, 0.6) is 0 Å². The molecule has 0 saturated heterocycles. The van der Waals surface area contributed by atoms with Crippen LogP contribution in [0.15, 0.2) is 127 Å². The largest absolute Gasteiger partial charge is 0.359 e. The monoisotopic (exact) mass is 474 g/mol. The highest BCUT2D eigenvalue weighted by molar-refractivity contribution is 6.15. The summed E-state index contributed by atoms with van der Waals surface area (Å²) in [7, 11) is 0. The molecule has 0 saturated carbocycles. The highest BCUT2D eigenvalue weighted by atomic mass is 15.3. The van der Waals surface area contributed by atoms with Crippen molar-refractivity contribution in [2.24, 2.45) is 0 Å². The molecule has 1 aliphatic heterocycles. The number of rotatable bonds is 3. The Bertz CT molecular complexity index is 1750. The molecule has 5 aromatic rings. The molecule has 5 aromatic carbocycles. The fraction of sp³-hybridized carbons (Fsp3) is 0.0857. The Morgan fingerprint density at radius 2 is 1.43 bits per heavy atom. The quantitative estimate of drug-likeness (QED) is 0.275. The summed E-state index contributed by atoms with van der Waals surface area (Å²) >= 11 is 0. The number of benzene rings is 5. The SMILES string of the molecule is C1=CC(N2c3ccc(-c4ccc5c(c4)-c4cccc6cccc-5c46)cc3NC2c2ccccc2)=CCC1. The fourth-order valence-corrected chi connectivity index (χ4v) is 6.30. The third-order valence-electron chi connectivity index (χ3n) is 8.01. The van der Waals surface area contributed by atoms with Crippen LogP contribution in [0.1, 0.15) is 24.6 Å². The molecule has 1 unspecified atom stereocenters. The maximum absolute atomic E-state index is 3.84. The molecule has 3 aliphatic rings. The highest BCUT2D eigenvalue weighted by Crippen LogP contribution is 2.49. The first-order chi connectivity index (χ1) is 18.3. The van der Waals surface area contributed by atoms with Crippen LogP contribution in [0, 0.1) is 0 Å². The average molecular weight is 475 g/mol. The zero-order chi connectivity index (χ0) is 24.3. The Hall–Kier alpha value is -4.56. The first-order valence-electron chi connectivity index (χ1n) is 13.1. The smallest absolute Gasteiger partial charge is 0.130 e. The summed E-state index contributed by atoms with van der Waals surface area (Å²) in [5.41, 5.74) is 12.8. The van der Waals surface area contributed by atoms with Crippen molar-refractivity contribution in [3.8, 4) is 33.4 Å². The van der Waals surface area contributed by atoms with Gasteiger partial charge in [0.05, 0.1) is 11.4 Å². The predicted octanol–water partition coefficient (Wildman–Crippen LogP) is 9.32. The molecule has 1 N–H and O–H groups in total. The summed E-state index contributed by atoms with van der Waals surface area (Å²) in [5, 5.41) is 6.53. The van der Waals surface area contributed by atoms with Gasteiger partial charge in [-0.2, -0.15) is 0 Å². The molecule has 1 atom stereocenters. The van der Waals surface area contributed by atoms with Gasteiger partial charge in [-0.15, -0.1) is 0 Å². The first-order valence-corrected chi connectivity index (χ1v) is 13.1. The van der Waals surface area contributed by atoms with Crippen molar-refractivity contribution >= 4 is 22.1 Å². The molecule has 0 spiro atoms. The van der Waals surface area contributed by atoms with Gasteiger partial charge in [0.1, 0.15) is 6.17 Å². The van der Waals surface area contributed by atoms with E-state index in [1.165, 1.54) is 66.8 Å². The van der Waals surface area contributed by atoms with Crippen LogP contribution in [0.4, 0.5) is 11.4 Å². The Morgan fingerprint density at radius 3 is 2.24 bits per heavy atom. The van der Waals surface area contributed by atoms with E-state index in [-0.39, 0.29) is 6.17 Å². The minimum absolute atomic E-state index is 0.0765. The molecule has 1 heterocycles. The van der Waals surface area contributed by atoms with Gasteiger partial charge in [0, 0.05) is 5.70 Å². The summed E-state index contributed by atoms with van der Waals surface area (Å²) in [5.74, 6) is 0. The lowest BCUT2D eigenvalue weighted by Crippen LogP contribution is -2.27. The van der Waals surface area contributed by atoms with E-state index in [9.17, 15) is 0 Å². The second-order valence-corrected chi connectivity index (χ2v) is 10.1. The molecule has 2 aliphatic carbocycles. The van der Waals surface area contributed by atoms with Gasteiger partial charge in [0.25, 0.3) is 0 Å². The lowest BCUT2D eigenvalue weighted by molar-refractivity contribution is 0.791. The van der Waals surface area contributed by atoms with E-state index in [1.54, 1.807) is 0 Å². The van der Waals surface area contributed by atoms with Crippen LogP contribution in [0.2, 0.25) is 0 Å². The number of fused-ring (bicyclic) bond motifs is 4. The van der Waals surface area contributed by atoms with Gasteiger partial charge in [-0.25, -0.2) is 0 Å². The van der Waals surface area contributed by atoms with E-state index in [2.05, 4.69) is 132 Å². The van der Waals surface area contributed by atoms with E-state index in [4.69, 9.17) is 0 Å². The number of allylic oxidation sites excluding steroid dienone is 3. The molecule has 0 radical (unpaired) electrons. The van der Waals surface area contributed by atoms with Gasteiger partial charge >= 0.3 is 0 Å². The van der Waals surface area contributed by atoms with Gasteiger partial charge in [0.15, 0.2) is 0 Å². The second kappa shape index (κ2) is 7.97. The summed E-state index contributed by atoms with van der Waals surface area (Å²) in [6.45, 7) is 0. The van der Waals surface area contributed by atoms with Crippen molar-refractivity contribution in [3.63, 3.8) is 0 Å². The molecule has 8 rings (SSSR count). The topological polar surface area (TPSA) is 15.3 Å². The molecule has 0 amide bonds. The molecule has 37 heavy (non-hydrogen) atoms. The van der Waals surface area contributed by atoms with E-state index < -0.39 is 0 Å². The minimum atomic E-state index is 0.0765. The lowest BCUT2D eigenvalue weighted by atomic mass is 9.97. The van der Waals surface area contributed by atoms with Crippen LogP contribution in [-0.2, 0) is 0 Å². The van der Waals surface area contributed by atoms with E-state index in [0.29, 0.717) is 0 Å². The van der Waals surface area contributed by atoms with Gasteiger partial charge in [-0.3, -0.25) is 0 Å². The maximum atomic E-state index is 3.84. The lowest BCUT2D eigenvalue weighted by Gasteiger charge is -2.29. The summed E-state index contributed by atoms with van der Waals surface area (Å²) in [4.78, 5) is 2.45. The standard InChI is InChI=1S/C35H26N2/c1-3-9-24(10-4-1)35-36-32-22-26(18-20-33(32)37(35)27-13-5-2-6-14-27)25-17-19-28-29-15-7-11-23-12-8-16-30(34(23)29)31(28)21-25/h1,3-5,7-22,35-36H,2,6H2. The van der Waals surface area contributed by atoms with Crippen molar-refractivity contribution in [2.75, 3.05) is 10.2 Å². The van der Waals surface area contributed by atoms with Crippen molar-refractivity contribution in [1.29, 1.82) is 0 Å². The van der Waals surface area contributed by atoms with Gasteiger partial charge in [-0.05, 0) is 86.8 Å². The Balaban J connectivity index is 1.22. The molecular formula is C35H26N2. The van der Waals surface area contributed by atoms with Crippen molar-refractivity contribution < 1.29 is 0 Å². The highest BCUT2D eigenvalue weighted by Gasteiger charge is 2.32. The van der Waals surface area contributed by atoms with Gasteiger partial charge in [0.2, 0.25) is 0 Å². The molecule has 176 valence electrons. The summed E-state index contributed by atoms with van der Waals surface area (Å²) in [6.07, 6.45) is 9.19. The van der Waals surface area contributed by atoms with E-state index in [1.807, 2.05) is 0 Å². The molecule has 2 heteroatoms. The number of hydrogen-bond acceptors (Lipinski definition) is 2. The molecule has 0 bridgehead atoms. The summed E-state index contributed by atoms with van der Waals surface area (Å²) < 4.78 is 0. The summed E-state index contributed by atoms with van der Waals surface area (Å²) in [6, 6.07) is 37.9. The Morgan fingerprint density at radius 1 is 0.649 bits per heavy atom. The Labute approximate surface area is 217 Å². The molecule has 0 fully saturated rings. The maximum Gasteiger partial charge on any atom is 0.130 e. The molecule has 2 nitrogen and oxygen atoms in total. The third kappa shape index (κ3) is 3.12. The van der Waals surface area contributed by atoms with Gasteiger partial charge in [-0.1, -0.05) is 97.1 Å². The minimum Gasteiger partial charge on any atom is -0.359 e. The van der Waals surface area contributed by atoms with Crippen molar-refractivity contribution in [2.45, 2.75) is 19.0 Å². The Kier molecular flexibility index (Phi) is 4.44. The van der Waals surface area contributed by atoms with Crippen molar-refractivity contribution in [1.82, 2.24) is 0 Å². The predicted molar refractivity (Wildman–Crippen MR) is 156 cm³/mol.